The third-order valence-corrected chi connectivity index (χ3v) is 9.86. The molecule has 0 amide bonds. The summed E-state index contributed by atoms with van der Waals surface area (Å²) in [5.41, 5.74) is 12.2. The summed E-state index contributed by atoms with van der Waals surface area (Å²) in [6.45, 7) is 4.22. The number of allylic oxidation sites excluding steroid dienone is 4. The molecule has 2 N–H and O–H groups in total. The Bertz CT molecular complexity index is 674. The van der Waals surface area contributed by atoms with Gasteiger partial charge in [0.2, 0.25) is 0 Å². The van der Waals surface area contributed by atoms with Gasteiger partial charge in [-0.1, -0.05) is 43.1 Å². The third-order valence-electron chi connectivity index (χ3n) is 9.86. The summed E-state index contributed by atoms with van der Waals surface area (Å²) in [6, 6.07) is 0. The largest absolute Gasteiger partial charge is 0.399 e. The van der Waals surface area contributed by atoms with Gasteiger partial charge < -0.3 is 5.73 Å². The predicted octanol–water partition coefficient (Wildman–Crippen LogP) is 7.69. The van der Waals surface area contributed by atoms with Gasteiger partial charge in [0.15, 0.2) is 0 Å². The monoisotopic (exact) mass is 393 g/mol. The van der Waals surface area contributed by atoms with E-state index in [0.29, 0.717) is 0 Å². The molecular formula is C28H43N. The molecule has 0 heterocycles. The van der Waals surface area contributed by atoms with Gasteiger partial charge in [-0.25, -0.2) is 0 Å². The molecule has 6 atom stereocenters. The van der Waals surface area contributed by atoms with Crippen LogP contribution in [0, 0.1) is 35.5 Å². The fourth-order valence-electron chi connectivity index (χ4n) is 8.65. The smallest absolute Gasteiger partial charge is 0.0273 e. The summed E-state index contributed by atoms with van der Waals surface area (Å²) in [4.78, 5) is 0. The standard InChI is InChI=1S/C28H43N/c1-19(29)22(12-6-9-20-7-2-3-8-20)24-15-17-28-26-14-13-21-10-4-5-11-23(21)25(26)16-18-27(24)28/h9,21,23,25-28H,1-8,10-18,29H2/b24-22+. The van der Waals surface area contributed by atoms with Gasteiger partial charge in [-0.15, -0.1) is 0 Å². The molecule has 0 radical (unpaired) electrons. The first-order valence-corrected chi connectivity index (χ1v) is 13.1. The van der Waals surface area contributed by atoms with Crippen LogP contribution in [0.15, 0.2) is 35.1 Å². The quantitative estimate of drug-likeness (QED) is 0.487. The van der Waals surface area contributed by atoms with E-state index in [0.717, 1.165) is 47.6 Å². The molecule has 6 unspecified atom stereocenters. The molecule has 29 heavy (non-hydrogen) atoms. The molecule has 5 rings (SSSR count). The van der Waals surface area contributed by atoms with Crippen molar-refractivity contribution in [2.24, 2.45) is 41.2 Å². The Morgan fingerprint density at radius 3 is 2.38 bits per heavy atom. The van der Waals surface area contributed by atoms with E-state index in [1.807, 2.05) is 0 Å². The van der Waals surface area contributed by atoms with Crippen LogP contribution in [0.5, 0.6) is 0 Å². The highest BCUT2D eigenvalue weighted by atomic mass is 14.6. The predicted molar refractivity (Wildman–Crippen MR) is 123 cm³/mol. The van der Waals surface area contributed by atoms with Crippen molar-refractivity contribution in [1.29, 1.82) is 0 Å². The second-order valence-corrected chi connectivity index (χ2v) is 11.1. The highest BCUT2D eigenvalue weighted by Gasteiger charge is 2.50. The molecular weight excluding hydrogens is 350 g/mol. The molecule has 1 heteroatoms. The molecule has 5 aliphatic carbocycles. The topological polar surface area (TPSA) is 26.0 Å². The molecule has 0 aromatic heterocycles. The van der Waals surface area contributed by atoms with Crippen LogP contribution in [0.3, 0.4) is 0 Å². The molecule has 5 aliphatic rings. The van der Waals surface area contributed by atoms with Gasteiger partial charge in [0.1, 0.15) is 0 Å². The summed E-state index contributed by atoms with van der Waals surface area (Å²) in [7, 11) is 0. The molecule has 5 fully saturated rings. The van der Waals surface area contributed by atoms with Crippen molar-refractivity contribution in [2.45, 2.75) is 103 Å². The zero-order valence-corrected chi connectivity index (χ0v) is 18.6. The Kier molecular flexibility index (Phi) is 5.94. The lowest BCUT2D eigenvalue weighted by molar-refractivity contribution is -0.0143. The van der Waals surface area contributed by atoms with Gasteiger partial charge in [0.05, 0.1) is 0 Å². The molecule has 0 saturated heterocycles. The van der Waals surface area contributed by atoms with Gasteiger partial charge >= 0.3 is 0 Å². The highest BCUT2D eigenvalue weighted by Crippen LogP contribution is 2.59. The minimum atomic E-state index is 0.839. The molecule has 1 nitrogen and oxygen atoms in total. The van der Waals surface area contributed by atoms with Crippen molar-refractivity contribution in [2.75, 3.05) is 0 Å². The van der Waals surface area contributed by atoms with Crippen LogP contribution < -0.4 is 5.73 Å². The maximum Gasteiger partial charge on any atom is 0.0273 e. The van der Waals surface area contributed by atoms with Gasteiger partial charge in [0, 0.05) is 5.70 Å². The average Bonchev–Trinajstić information content (AvgIpc) is 3.40. The second kappa shape index (κ2) is 8.64. The number of hydrogen-bond acceptors (Lipinski definition) is 1. The summed E-state index contributed by atoms with van der Waals surface area (Å²) in [6.07, 6.45) is 25.2. The van der Waals surface area contributed by atoms with Crippen LogP contribution in [-0.2, 0) is 0 Å². The molecule has 160 valence electrons. The fourth-order valence-corrected chi connectivity index (χ4v) is 8.65. The van der Waals surface area contributed by atoms with E-state index in [1.54, 1.807) is 24.0 Å². The first-order chi connectivity index (χ1) is 14.2. The second-order valence-electron chi connectivity index (χ2n) is 11.1. The first-order valence-electron chi connectivity index (χ1n) is 13.1. The first kappa shape index (κ1) is 20.0. The van der Waals surface area contributed by atoms with E-state index in [-0.39, 0.29) is 0 Å². The molecule has 0 aromatic carbocycles. The van der Waals surface area contributed by atoms with E-state index < -0.39 is 0 Å². The van der Waals surface area contributed by atoms with Gasteiger partial charge in [-0.3, -0.25) is 0 Å². The molecule has 0 bridgehead atoms. The number of nitrogens with two attached hydrogens (primary N) is 1. The maximum absolute atomic E-state index is 6.38. The molecule has 0 aromatic rings. The van der Waals surface area contributed by atoms with E-state index in [2.05, 4.69) is 12.7 Å². The van der Waals surface area contributed by atoms with Crippen LogP contribution in [0.4, 0.5) is 0 Å². The lowest BCUT2D eigenvalue weighted by Gasteiger charge is -2.52. The Labute approximate surface area is 179 Å². The third kappa shape index (κ3) is 3.88. The molecule has 0 aliphatic heterocycles. The van der Waals surface area contributed by atoms with Crippen molar-refractivity contribution in [3.63, 3.8) is 0 Å². The number of rotatable bonds is 4. The van der Waals surface area contributed by atoms with Crippen LogP contribution in [0.2, 0.25) is 0 Å². The van der Waals surface area contributed by atoms with Gasteiger partial charge in [-0.2, -0.15) is 0 Å². The van der Waals surface area contributed by atoms with Crippen LogP contribution >= 0.6 is 0 Å². The van der Waals surface area contributed by atoms with Crippen molar-refractivity contribution in [1.82, 2.24) is 0 Å². The van der Waals surface area contributed by atoms with Gasteiger partial charge in [0.25, 0.3) is 0 Å². The Morgan fingerprint density at radius 2 is 1.55 bits per heavy atom. The zero-order valence-electron chi connectivity index (χ0n) is 18.6. The maximum atomic E-state index is 6.38. The summed E-state index contributed by atoms with van der Waals surface area (Å²) in [5, 5.41) is 0. The van der Waals surface area contributed by atoms with Crippen LogP contribution in [-0.4, -0.2) is 0 Å². The SMILES string of the molecule is C=C(N)/C(CCC=C1CCCC1)=C1\CCC2C1CCC1C3CCCCC3CCC21. The Morgan fingerprint density at radius 1 is 0.793 bits per heavy atom. The van der Waals surface area contributed by atoms with Gasteiger partial charge in [-0.05, 0) is 125 Å². The molecule has 0 spiro atoms. The highest BCUT2D eigenvalue weighted by molar-refractivity contribution is 5.36. The average molecular weight is 394 g/mol. The van der Waals surface area contributed by atoms with Crippen molar-refractivity contribution in [3.8, 4) is 0 Å². The summed E-state index contributed by atoms with van der Waals surface area (Å²) >= 11 is 0. The number of fused-ring (bicyclic) bond motifs is 5. The van der Waals surface area contributed by atoms with E-state index in [9.17, 15) is 0 Å². The van der Waals surface area contributed by atoms with E-state index in [1.165, 1.54) is 89.0 Å². The Balaban J connectivity index is 1.31. The zero-order chi connectivity index (χ0) is 19.8. The van der Waals surface area contributed by atoms with Crippen molar-refractivity contribution >= 4 is 0 Å². The minimum absolute atomic E-state index is 0.839. The lowest BCUT2D eigenvalue weighted by atomic mass is 9.53. The minimum Gasteiger partial charge on any atom is -0.399 e. The van der Waals surface area contributed by atoms with E-state index in [4.69, 9.17) is 5.73 Å². The van der Waals surface area contributed by atoms with Crippen LogP contribution in [0.1, 0.15) is 103 Å². The lowest BCUT2D eigenvalue weighted by Crippen LogP contribution is -2.43. The fraction of sp³-hybridized carbons (Fsp3) is 0.786. The summed E-state index contributed by atoms with van der Waals surface area (Å²) < 4.78 is 0. The van der Waals surface area contributed by atoms with Crippen LogP contribution in [0.25, 0.3) is 0 Å². The molecule has 5 saturated carbocycles. The van der Waals surface area contributed by atoms with E-state index >= 15 is 0 Å². The van der Waals surface area contributed by atoms with Crippen molar-refractivity contribution < 1.29 is 0 Å². The Hall–Kier alpha value is -0.980. The normalized spacial score (nSPS) is 40.8. The van der Waals surface area contributed by atoms with Crippen molar-refractivity contribution in [3.05, 3.63) is 35.1 Å². The summed E-state index contributed by atoms with van der Waals surface area (Å²) in [5.74, 6) is 6.06. The number of hydrogen-bond donors (Lipinski definition) is 1.